The fourth-order valence-corrected chi connectivity index (χ4v) is 10.2. The third-order valence-electron chi connectivity index (χ3n) is 10.2. The van der Waals surface area contributed by atoms with E-state index in [1.165, 1.54) is 72.9 Å². The van der Waals surface area contributed by atoms with Gasteiger partial charge in [0.25, 0.3) is 0 Å². The van der Waals surface area contributed by atoms with Crippen LogP contribution in [0, 0.1) is 0 Å². The maximum Gasteiger partial charge on any atom is 0.0619 e. The summed E-state index contributed by atoms with van der Waals surface area (Å²) in [7, 11) is 0. The second-order valence-electron chi connectivity index (χ2n) is 12.9. The molecule has 3 heterocycles. The van der Waals surface area contributed by atoms with Crippen LogP contribution in [0.1, 0.15) is 0 Å². The molecule has 0 amide bonds. The van der Waals surface area contributed by atoms with Crippen molar-refractivity contribution in [2.75, 3.05) is 4.90 Å². The SMILES string of the molecule is c1ccc(-n2c3cc(N(c4ccc5c(c4)sc4ccccc45)c4ccc5c(c4)sc4ccccc45)ccc3c3ccc4ccccc4c32)cc1. The normalized spacial score (nSPS) is 12.0. The molecular weight excluding hydrogens is 645 g/mol. The van der Waals surface area contributed by atoms with Crippen LogP contribution in [0.3, 0.4) is 0 Å². The van der Waals surface area contributed by atoms with Crippen LogP contribution < -0.4 is 4.90 Å². The zero-order chi connectivity index (χ0) is 32.8. The molecule has 11 rings (SSSR count). The summed E-state index contributed by atoms with van der Waals surface area (Å²) in [6.07, 6.45) is 0. The molecule has 0 atom stereocenters. The van der Waals surface area contributed by atoms with Gasteiger partial charge in [0.05, 0.1) is 11.0 Å². The molecule has 0 aliphatic carbocycles. The fraction of sp³-hybridized carbons (Fsp3) is 0. The Morgan fingerprint density at radius 2 is 0.860 bits per heavy atom. The number of aromatic nitrogens is 1. The van der Waals surface area contributed by atoms with Gasteiger partial charge in [0, 0.05) is 79.3 Å². The number of thiophene rings is 2. The quantitative estimate of drug-likeness (QED) is 0.181. The number of para-hydroxylation sites is 1. The van der Waals surface area contributed by atoms with Gasteiger partial charge in [-0.05, 0) is 66.0 Å². The average molecular weight is 673 g/mol. The summed E-state index contributed by atoms with van der Waals surface area (Å²) in [4.78, 5) is 2.44. The molecule has 0 unspecified atom stereocenters. The first-order valence-corrected chi connectivity index (χ1v) is 18.6. The van der Waals surface area contributed by atoms with Crippen molar-refractivity contribution in [3.8, 4) is 5.69 Å². The highest BCUT2D eigenvalue weighted by atomic mass is 32.1. The Hall–Kier alpha value is -5.94. The smallest absolute Gasteiger partial charge is 0.0619 e. The molecule has 2 nitrogen and oxygen atoms in total. The van der Waals surface area contributed by atoms with Crippen molar-refractivity contribution in [2.45, 2.75) is 0 Å². The van der Waals surface area contributed by atoms with Gasteiger partial charge in [0.2, 0.25) is 0 Å². The number of anilines is 3. The van der Waals surface area contributed by atoms with Gasteiger partial charge in [0.1, 0.15) is 0 Å². The van der Waals surface area contributed by atoms with Crippen molar-refractivity contribution in [1.29, 1.82) is 0 Å². The van der Waals surface area contributed by atoms with E-state index in [9.17, 15) is 0 Å². The number of hydrogen-bond donors (Lipinski definition) is 0. The Labute approximate surface area is 296 Å². The molecule has 0 saturated heterocycles. The van der Waals surface area contributed by atoms with E-state index in [-0.39, 0.29) is 0 Å². The highest BCUT2D eigenvalue weighted by molar-refractivity contribution is 7.26. The Balaban J connectivity index is 1.20. The number of rotatable bonds is 4. The minimum absolute atomic E-state index is 1.13. The average Bonchev–Trinajstić information content (AvgIpc) is 3.84. The molecule has 0 aliphatic rings. The molecule has 0 aliphatic heterocycles. The third-order valence-corrected chi connectivity index (χ3v) is 12.4. The van der Waals surface area contributed by atoms with Crippen molar-refractivity contribution >= 4 is 113 Å². The zero-order valence-electron chi connectivity index (χ0n) is 26.9. The predicted octanol–water partition coefficient (Wildman–Crippen LogP) is 14.1. The monoisotopic (exact) mass is 672 g/mol. The Morgan fingerprint density at radius 3 is 1.52 bits per heavy atom. The highest BCUT2D eigenvalue weighted by Gasteiger charge is 2.20. The van der Waals surface area contributed by atoms with Crippen LogP contribution in [0.25, 0.3) is 78.6 Å². The van der Waals surface area contributed by atoms with Crippen LogP contribution in [0.5, 0.6) is 0 Å². The Morgan fingerprint density at radius 1 is 0.360 bits per heavy atom. The molecule has 0 N–H and O–H groups in total. The summed E-state index contributed by atoms with van der Waals surface area (Å²) in [5.74, 6) is 0. The molecule has 11 aromatic rings. The number of fused-ring (bicyclic) bond motifs is 11. The van der Waals surface area contributed by atoms with Crippen LogP contribution in [0.2, 0.25) is 0 Å². The van der Waals surface area contributed by atoms with Crippen molar-refractivity contribution in [2.24, 2.45) is 0 Å². The summed E-state index contributed by atoms with van der Waals surface area (Å²) >= 11 is 3.73. The van der Waals surface area contributed by atoms with Gasteiger partial charge in [-0.15, -0.1) is 22.7 Å². The van der Waals surface area contributed by atoms with E-state index in [1.807, 2.05) is 22.7 Å². The summed E-state index contributed by atoms with van der Waals surface area (Å²) in [6.45, 7) is 0. The van der Waals surface area contributed by atoms with Gasteiger partial charge in [-0.1, -0.05) is 109 Å². The van der Waals surface area contributed by atoms with Gasteiger partial charge >= 0.3 is 0 Å². The van der Waals surface area contributed by atoms with Crippen LogP contribution in [0.15, 0.2) is 170 Å². The lowest BCUT2D eigenvalue weighted by atomic mass is 10.1. The van der Waals surface area contributed by atoms with Crippen molar-refractivity contribution in [1.82, 2.24) is 4.57 Å². The molecule has 3 aromatic heterocycles. The molecule has 0 saturated carbocycles. The molecule has 0 radical (unpaired) electrons. The number of benzene rings is 8. The third kappa shape index (κ3) is 4.13. The van der Waals surface area contributed by atoms with E-state index >= 15 is 0 Å². The lowest BCUT2D eigenvalue weighted by Gasteiger charge is -2.26. The first kappa shape index (κ1) is 28.0. The number of hydrogen-bond acceptors (Lipinski definition) is 3. The summed E-state index contributed by atoms with van der Waals surface area (Å²) in [5, 5.41) is 10.3. The number of nitrogens with zero attached hydrogens (tertiary/aromatic N) is 2. The summed E-state index contributed by atoms with van der Waals surface area (Å²) < 4.78 is 7.68. The summed E-state index contributed by atoms with van der Waals surface area (Å²) in [5.41, 5.74) is 7.02. The van der Waals surface area contributed by atoms with E-state index in [2.05, 4.69) is 179 Å². The molecule has 8 aromatic carbocycles. The maximum atomic E-state index is 2.46. The van der Waals surface area contributed by atoms with Gasteiger partial charge in [-0.3, -0.25) is 0 Å². The lowest BCUT2D eigenvalue weighted by molar-refractivity contribution is 1.18. The minimum Gasteiger partial charge on any atom is -0.310 e. The molecule has 50 heavy (non-hydrogen) atoms. The standard InChI is InChI=1S/C46H28N2S2/c1-2-11-30(12-3-1)48-41-26-31(19-23-35(41)40-22-18-29-10-4-5-13-34(29)46(40)48)47(32-20-24-38-36-14-6-8-16-42(36)49-44(38)27-32)33-21-25-39-37-15-7-9-17-43(37)50-45(39)28-33/h1-28H. The molecular formula is C46H28N2S2. The molecule has 4 heteroatoms. The van der Waals surface area contributed by atoms with Crippen molar-refractivity contribution in [3.05, 3.63) is 170 Å². The largest absolute Gasteiger partial charge is 0.310 e. The van der Waals surface area contributed by atoms with Crippen LogP contribution >= 0.6 is 22.7 Å². The first-order chi connectivity index (χ1) is 24.8. The highest BCUT2D eigenvalue weighted by Crippen LogP contribution is 2.45. The van der Waals surface area contributed by atoms with Gasteiger partial charge in [-0.2, -0.15) is 0 Å². The van der Waals surface area contributed by atoms with E-state index in [1.54, 1.807) is 0 Å². The molecule has 0 bridgehead atoms. The van der Waals surface area contributed by atoms with Gasteiger partial charge in [0.15, 0.2) is 0 Å². The van der Waals surface area contributed by atoms with E-state index < -0.39 is 0 Å². The Bertz CT molecular complexity index is 3000. The van der Waals surface area contributed by atoms with Crippen LogP contribution in [0.4, 0.5) is 17.1 Å². The topological polar surface area (TPSA) is 8.17 Å². The van der Waals surface area contributed by atoms with Crippen LogP contribution in [-0.2, 0) is 0 Å². The Kier molecular flexibility index (Phi) is 6.03. The molecule has 234 valence electrons. The van der Waals surface area contributed by atoms with E-state index in [4.69, 9.17) is 0 Å². The summed E-state index contributed by atoms with van der Waals surface area (Å²) in [6, 6.07) is 62.5. The second-order valence-corrected chi connectivity index (χ2v) is 15.1. The minimum atomic E-state index is 1.13. The fourth-order valence-electron chi connectivity index (χ4n) is 7.91. The van der Waals surface area contributed by atoms with Gasteiger partial charge < -0.3 is 9.47 Å². The lowest BCUT2D eigenvalue weighted by Crippen LogP contribution is -2.10. The van der Waals surface area contributed by atoms with E-state index in [0.717, 1.165) is 22.7 Å². The van der Waals surface area contributed by atoms with Gasteiger partial charge in [-0.25, -0.2) is 0 Å². The van der Waals surface area contributed by atoms with E-state index in [0.29, 0.717) is 0 Å². The predicted molar refractivity (Wildman–Crippen MR) is 219 cm³/mol. The second kappa shape index (κ2) is 10.8. The van der Waals surface area contributed by atoms with Crippen molar-refractivity contribution < 1.29 is 0 Å². The molecule has 0 spiro atoms. The van der Waals surface area contributed by atoms with Crippen LogP contribution in [-0.4, -0.2) is 4.57 Å². The zero-order valence-corrected chi connectivity index (χ0v) is 28.5. The first-order valence-electron chi connectivity index (χ1n) is 16.9. The van der Waals surface area contributed by atoms with Crippen molar-refractivity contribution in [3.63, 3.8) is 0 Å². The maximum absolute atomic E-state index is 2.46. The molecule has 0 fully saturated rings.